The number of rotatable bonds is 8. The molecule has 1 unspecified atom stereocenters. The Hall–Kier alpha value is -3.70. The van der Waals surface area contributed by atoms with Crippen LogP contribution in [0.4, 0.5) is 15.9 Å². The summed E-state index contributed by atoms with van der Waals surface area (Å²) >= 11 is 0. The number of fused-ring (bicyclic) bond motifs is 2. The van der Waals surface area contributed by atoms with Crippen molar-refractivity contribution in [3.63, 3.8) is 0 Å². The molecule has 44 heavy (non-hydrogen) atoms. The van der Waals surface area contributed by atoms with Crippen LogP contribution in [0.5, 0.6) is 6.01 Å². The molecule has 2 fully saturated rings. The minimum Gasteiger partial charge on any atom is -0.462 e. The lowest BCUT2D eigenvalue weighted by molar-refractivity contribution is -0.126. The van der Waals surface area contributed by atoms with Crippen LogP contribution in [0.3, 0.4) is 0 Å². The molecular formula is C33H44FN7O3. The van der Waals surface area contributed by atoms with Gasteiger partial charge in [-0.1, -0.05) is 6.08 Å². The van der Waals surface area contributed by atoms with E-state index in [0.29, 0.717) is 64.9 Å². The summed E-state index contributed by atoms with van der Waals surface area (Å²) < 4.78 is 26.0. The number of hydrogen-bond acceptors (Lipinski definition) is 8. The lowest BCUT2D eigenvalue weighted by atomic mass is 9.99. The van der Waals surface area contributed by atoms with Gasteiger partial charge in [0.05, 0.1) is 18.8 Å². The van der Waals surface area contributed by atoms with E-state index >= 15 is 0 Å². The average Bonchev–Trinajstić information content (AvgIpc) is 3.57. The monoisotopic (exact) mass is 605 g/mol. The number of benzene rings is 1. The number of piperazine rings is 1. The SMILES string of the molecule is COC/C=C/C(=O)N1CCN(c2nc(OC[C@@H]3CC(C)(F)CN3C)nc3c2CCN(c2c(C)c(C)cc4[nH]ccc24)C3)CC1. The summed E-state index contributed by atoms with van der Waals surface area (Å²) in [7, 11) is 3.55. The van der Waals surface area contributed by atoms with E-state index in [4.69, 9.17) is 19.4 Å². The van der Waals surface area contributed by atoms with Gasteiger partial charge in [-0.15, -0.1) is 0 Å². The number of nitrogens with one attached hydrogen (secondary N) is 1. The second kappa shape index (κ2) is 12.4. The Morgan fingerprint density at radius 1 is 1.18 bits per heavy atom. The van der Waals surface area contributed by atoms with E-state index in [0.717, 1.165) is 35.6 Å². The maximum absolute atomic E-state index is 14.7. The van der Waals surface area contributed by atoms with Crippen LogP contribution in [0.15, 0.2) is 30.5 Å². The first-order chi connectivity index (χ1) is 21.1. The van der Waals surface area contributed by atoms with Crippen molar-refractivity contribution in [2.24, 2.45) is 0 Å². The summed E-state index contributed by atoms with van der Waals surface area (Å²) in [5.74, 6) is 0.880. The van der Waals surface area contributed by atoms with Crippen molar-refractivity contribution in [2.45, 2.75) is 51.9 Å². The van der Waals surface area contributed by atoms with Gasteiger partial charge in [-0.3, -0.25) is 9.69 Å². The fraction of sp³-hybridized carbons (Fsp3) is 0.545. The summed E-state index contributed by atoms with van der Waals surface area (Å²) in [6.07, 6.45) is 6.55. The number of carbonyl (C=O) groups is 1. The third kappa shape index (κ3) is 6.12. The molecular weight excluding hydrogens is 561 g/mol. The molecule has 1 aromatic carbocycles. The highest BCUT2D eigenvalue weighted by atomic mass is 19.1. The smallest absolute Gasteiger partial charge is 0.318 e. The van der Waals surface area contributed by atoms with Crippen molar-refractivity contribution in [3.05, 3.63) is 52.9 Å². The molecule has 0 radical (unpaired) electrons. The van der Waals surface area contributed by atoms with Gasteiger partial charge in [0.25, 0.3) is 0 Å². The first-order valence-electron chi connectivity index (χ1n) is 15.6. The van der Waals surface area contributed by atoms with Crippen LogP contribution in [-0.2, 0) is 22.5 Å². The fourth-order valence-electron chi connectivity index (χ4n) is 6.94. The first-order valence-corrected chi connectivity index (χ1v) is 15.6. The zero-order valence-corrected chi connectivity index (χ0v) is 26.5. The first kappa shape index (κ1) is 30.3. The van der Waals surface area contributed by atoms with Gasteiger partial charge >= 0.3 is 6.01 Å². The number of aryl methyl sites for hydroxylation is 1. The normalized spacial score (nSPS) is 22.8. The molecule has 0 saturated carbocycles. The number of H-pyrrole nitrogens is 1. The van der Waals surface area contributed by atoms with Crippen molar-refractivity contribution in [2.75, 3.05) is 76.4 Å². The molecule has 3 aliphatic heterocycles. The summed E-state index contributed by atoms with van der Waals surface area (Å²) in [4.78, 5) is 34.5. The summed E-state index contributed by atoms with van der Waals surface area (Å²) in [5.41, 5.74) is 5.75. The molecule has 1 amide bonds. The number of ether oxygens (including phenoxy) is 2. The molecule has 3 aliphatic rings. The van der Waals surface area contributed by atoms with Crippen LogP contribution in [0.1, 0.15) is 35.7 Å². The van der Waals surface area contributed by atoms with Gasteiger partial charge in [0.15, 0.2) is 0 Å². The van der Waals surface area contributed by atoms with Crippen molar-refractivity contribution in [1.82, 2.24) is 24.8 Å². The molecule has 6 rings (SSSR count). The zero-order valence-electron chi connectivity index (χ0n) is 26.5. The molecule has 5 heterocycles. The van der Waals surface area contributed by atoms with Crippen LogP contribution >= 0.6 is 0 Å². The van der Waals surface area contributed by atoms with E-state index in [1.165, 1.54) is 22.2 Å². The molecule has 11 heteroatoms. The molecule has 10 nitrogen and oxygen atoms in total. The third-order valence-corrected chi connectivity index (χ3v) is 9.36. The highest BCUT2D eigenvalue weighted by Crippen LogP contribution is 2.37. The number of halogens is 1. The number of amides is 1. The lowest BCUT2D eigenvalue weighted by Gasteiger charge is -2.38. The Morgan fingerprint density at radius 2 is 1.98 bits per heavy atom. The highest BCUT2D eigenvalue weighted by Gasteiger charge is 2.39. The molecule has 0 spiro atoms. The van der Waals surface area contributed by atoms with Gasteiger partial charge in [-0.25, -0.2) is 4.39 Å². The number of likely N-dealkylation sites (tertiary alicyclic amines) is 1. The van der Waals surface area contributed by atoms with E-state index in [2.05, 4.69) is 40.8 Å². The quantitative estimate of drug-likeness (QED) is 0.388. The van der Waals surface area contributed by atoms with Gasteiger partial charge in [-0.05, 0) is 57.5 Å². The fourth-order valence-corrected chi connectivity index (χ4v) is 6.94. The second-order valence-corrected chi connectivity index (χ2v) is 12.7. The van der Waals surface area contributed by atoms with Crippen LogP contribution in [0, 0.1) is 13.8 Å². The van der Waals surface area contributed by atoms with Crippen LogP contribution in [0.25, 0.3) is 10.9 Å². The maximum atomic E-state index is 14.7. The van der Waals surface area contributed by atoms with E-state index in [1.807, 2.05) is 23.0 Å². The van der Waals surface area contributed by atoms with Gasteiger partial charge in [-0.2, -0.15) is 9.97 Å². The lowest BCUT2D eigenvalue weighted by Crippen LogP contribution is -2.49. The number of aromatic amines is 1. The van der Waals surface area contributed by atoms with Crippen LogP contribution < -0.4 is 14.5 Å². The standard InChI is InChI=1S/C33H44FN7O3/c1-22-17-27-25(8-10-35-27)30(23(22)2)41-11-9-26-28(19-41)36-32(44-20-24-18-33(3,34)21-38(24)4)37-31(26)40-14-12-39(13-15-40)29(42)7-6-16-43-5/h6-8,10,17,24,35H,9,11-16,18-21H2,1-5H3/b7-6+/t24-,33?/m0/s1. The van der Waals surface area contributed by atoms with E-state index < -0.39 is 5.67 Å². The largest absolute Gasteiger partial charge is 0.462 e. The Kier molecular flexibility index (Phi) is 8.52. The van der Waals surface area contributed by atoms with Gasteiger partial charge < -0.3 is 29.2 Å². The maximum Gasteiger partial charge on any atom is 0.318 e. The molecule has 2 saturated heterocycles. The van der Waals surface area contributed by atoms with E-state index in [9.17, 15) is 9.18 Å². The summed E-state index contributed by atoms with van der Waals surface area (Å²) in [6, 6.07) is 4.64. The van der Waals surface area contributed by atoms with Crippen molar-refractivity contribution >= 4 is 28.3 Å². The third-order valence-electron chi connectivity index (χ3n) is 9.36. The predicted molar refractivity (Wildman–Crippen MR) is 170 cm³/mol. The molecule has 2 atom stereocenters. The Labute approximate surface area is 258 Å². The summed E-state index contributed by atoms with van der Waals surface area (Å²) in [5, 5.41) is 1.21. The zero-order chi connectivity index (χ0) is 31.0. The number of methoxy groups -OCH3 is 1. The number of alkyl halides is 1. The molecule has 2 aromatic heterocycles. The van der Waals surface area contributed by atoms with Crippen LogP contribution in [-0.4, -0.2) is 109 Å². The molecule has 3 aromatic rings. The van der Waals surface area contributed by atoms with Crippen molar-refractivity contribution in [3.8, 4) is 6.01 Å². The molecule has 0 bridgehead atoms. The van der Waals surface area contributed by atoms with E-state index in [-0.39, 0.29) is 11.9 Å². The number of hydrogen-bond donors (Lipinski definition) is 1. The molecule has 0 aliphatic carbocycles. The molecule has 236 valence electrons. The van der Waals surface area contributed by atoms with Gasteiger partial charge in [0.1, 0.15) is 18.1 Å². The number of likely N-dealkylation sites (N-methyl/N-ethyl adjacent to an activating group) is 1. The van der Waals surface area contributed by atoms with Crippen molar-refractivity contribution < 1.29 is 18.7 Å². The number of carbonyl (C=O) groups excluding carboxylic acids is 1. The number of aromatic nitrogens is 3. The minimum absolute atomic E-state index is 0.00350. The van der Waals surface area contributed by atoms with Gasteiger partial charge in [0, 0.05) is 93.3 Å². The topological polar surface area (TPSA) is 90.1 Å². The predicted octanol–water partition coefficient (Wildman–Crippen LogP) is 3.80. The number of nitrogens with zero attached hydrogens (tertiary/aromatic N) is 6. The number of anilines is 2. The van der Waals surface area contributed by atoms with Crippen molar-refractivity contribution in [1.29, 1.82) is 0 Å². The Balaban J connectivity index is 1.27. The van der Waals surface area contributed by atoms with E-state index in [1.54, 1.807) is 26.2 Å². The minimum atomic E-state index is -1.23. The van der Waals surface area contributed by atoms with Gasteiger partial charge in [0.2, 0.25) is 5.91 Å². The second-order valence-electron chi connectivity index (χ2n) is 12.7. The highest BCUT2D eigenvalue weighted by molar-refractivity contribution is 5.95. The van der Waals surface area contributed by atoms with Crippen LogP contribution in [0.2, 0.25) is 0 Å². The Morgan fingerprint density at radius 3 is 2.70 bits per heavy atom. The molecule has 1 N–H and O–H groups in total. The Bertz CT molecular complexity index is 1550. The average molecular weight is 606 g/mol. The summed E-state index contributed by atoms with van der Waals surface area (Å²) in [6.45, 7) is 11.2.